The van der Waals surface area contributed by atoms with E-state index in [9.17, 15) is 4.79 Å². The first-order valence-corrected chi connectivity index (χ1v) is 6.84. The van der Waals surface area contributed by atoms with E-state index < -0.39 is 0 Å². The summed E-state index contributed by atoms with van der Waals surface area (Å²) in [5, 5.41) is 6.11. The lowest BCUT2D eigenvalue weighted by Crippen LogP contribution is -2.41. The zero-order valence-corrected chi connectivity index (χ0v) is 11.3. The van der Waals surface area contributed by atoms with E-state index in [-0.39, 0.29) is 17.9 Å². The van der Waals surface area contributed by atoms with Crippen molar-refractivity contribution in [1.82, 2.24) is 15.3 Å². The maximum Gasteiger partial charge on any atom is 0.233 e. The predicted molar refractivity (Wildman–Crippen MR) is 76.5 cm³/mol. The summed E-state index contributed by atoms with van der Waals surface area (Å²) in [5.74, 6) is 0.244. The van der Waals surface area contributed by atoms with Crippen LogP contribution in [0.2, 0.25) is 0 Å². The maximum absolute atomic E-state index is 12.3. The van der Waals surface area contributed by atoms with Crippen LogP contribution in [0.1, 0.15) is 6.92 Å². The fraction of sp³-hybridized carbons (Fsp3) is 0.429. The second kappa shape index (κ2) is 5.60. The Morgan fingerprint density at radius 2 is 2.30 bits per heavy atom. The van der Waals surface area contributed by atoms with Crippen LogP contribution < -0.4 is 10.6 Å². The van der Waals surface area contributed by atoms with E-state index in [1.807, 2.05) is 31.2 Å². The lowest BCUT2D eigenvalue weighted by atomic mass is 10.0. The maximum atomic E-state index is 12.3. The number of ether oxygens (including phenoxy) is 1. The van der Waals surface area contributed by atoms with Crippen LogP contribution in [0.5, 0.6) is 0 Å². The number of nitrogens with one attached hydrogen (secondary N) is 3. The van der Waals surface area contributed by atoms with Gasteiger partial charge in [-0.1, -0.05) is 19.1 Å². The topological polar surface area (TPSA) is 79.0 Å². The van der Waals surface area contributed by atoms with Crippen LogP contribution in [0.4, 0.5) is 5.95 Å². The molecule has 6 heteroatoms. The van der Waals surface area contributed by atoms with Crippen LogP contribution in [0.15, 0.2) is 24.3 Å². The van der Waals surface area contributed by atoms with Gasteiger partial charge in [0.05, 0.1) is 30.2 Å². The van der Waals surface area contributed by atoms with E-state index in [0.29, 0.717) is 19.2 Å². The van der Waals surface area contributed by atoms with Gasteiger partial charge in [-0.15, -0.1) is 0 Å². The Morgan fingerprint density at radius 1 is 1.45 bits per heavy atom. The summed E-state index contributed by atoms with van der Waals surface area (Å²) in [4.78, 5) is 19.7. The Hall–Kier alpha value is -1.92. The molecule has 1 aliphatic heterocycles. The van der Waals surface area contributed by atoms with Gasteiger partial charge >= 0.3 is 0 Å². The molecule has 2 unspecified atom stereocenters. The van der Waals surface area contributed by atoms with Crippen LogP contribution in [0.25, 0.3) is 11.0 Å². The van der Waals surface area contributed by atoms with Crippen molar-refractivity contribution in [1.29, 1.82) is 0 Å². The summed E-state index contributed by atoms with van der Waals surface area (Å²) in [5.41, 5.74) is 1.75. The molecule has 0 saturated carbocycles. The summed E-state index contributed by atoms with van der Waals surface area (Å²) >= 11 is 0. The molecular formula is C14H18N4O2. The summed E-state index contributed by atoms with van der Waals surface area (Å²) in [6.07, 6.45) is 0. The zero-order chi connectivity index (χ0) is 13.9. The molecular weight excluding hydrogens is 256 g/mol. The van der Waals surface area contributed by atoms with Crippen molar-refractivity contribution in [3.63, 3.8) is 0 Å². The Bertz CT molecular complexity index is 577. The van der Waals surface area contributed by atoms with Gasteiger partial charge < -0.3 is 15.0 Å². The minimum Gasteiger partial charge on any atom is -0.379 e. The number of carbonyl (C=O) groups excluding carboxylic acids is 1. The second-order valence-electron chi connectivity index (χ2n) is 4.90. The standard InChI is InChI=1S/C14H18N4O2/c1-2-15-12-8-20-7-9(12)13(19)18-14-16-10-5-3-4-6-11(10)17-14/h3-6,9,12,15H,2,7-8H2,1H3,(H2,16,17,18,19). The van der Waals surface area contributed by atoms with Crippen LogP contribution in [0, 0.1) is 5.92 Å². The van der Waals surface area contributed by atoms with Gasteiger partial charge in [0.2, 0.25) is 11.9 Å². The number of carbonyl (C=O) groups is 1. The summed E-state index contributed by atoms with van der Waals surface area (Å²) in [6.45, 7) is 3.87. The number of nitrogens with zero attached hydrogens (tertiary/aromatic N) is 1. The molecule has 0 aliphatic carbocycles. The largest absolute Gasteiger partial charge is 0.379 e. The van der Waals surface area contributed by atoms with E-state index in [4.69, 9.17) is 4.74 Å². The molecule has 0 radical (unpaired) electrons. The SMILES string of the molecule is CCNC1COCC1C(=O)Nc1nc2ccccc2[nH]1. The van der Waals surface area contributed by atoms with Crippen LogP contribution in [-0.2, 0) is 9.53 Å². The lowest BCUT2D eigenvalue weighted by molar-refractivity contribution is -0.120. The summed E-state index contributed by atoms with van der Waals surface area (Å²) in [7, 11) is 0. The van der Waals surface area contributed by atoms with E-state index in [2.05, 4.69) is 20.6 Å². The molecule has 1 amide bonds. The minimum absolute atomic E-state index is 0.0625. The lowest BCUT2D eigenvalue weighted by Gasteiger charge is -2.16. The average Bonchev–Trinajstić information content (AvgIpc) is 3.04. The van der Waals surface area contributed by atoms with Gasteiger partial charge in [0.1, 0.15) is 0 Å². The second-order valence-corrected chi connectivity index (χ2v) is 4.90. The number of imidazole rings is 1. The first-order valence-electron chi connectivity index (χ1n) is 6.84. The highest BCUT2D eigenvalue weighted by molar-refractivity contribution is 5.93. The minimum atomic E-state index is -0.178. The fourth-order valence-corrected chi connectivity index (χ4v) is 2.50. The van der Waals surface area contributed by atoms with Crippen molar-refractivity contribution in [2.75, 3.05) is 25.1 Å². The number of rotatable bonds is 4. The van der Waals surface area contributed by atoms with Gasteiger partial charge in [-0.05, 0) is 18.7 Å². The third-order valence-corrected chi connectivity index (χ3v) is 3.51. The summed E-state index contributed by atoms with van der Waals surface area (Å²) < 4.78 is 5.39. The number of H-pyrrole nitrogens is 1. The molecule has 20 heavy (non-hydrogen) atoms. The third kappa shape index (κ3) is 2.52. The van der Waals surface area contributed by atoms with Crippen molar-refractivity contribution < 1.29 is 9.53 Å². The molecule has 2 atom stereocenters. The predicted octanol–water partition coefficient (Wildman–Crippen LogP) is 1.13. The fourth-order valence-electron chi connectivity index (χ4n) is 2.50. The third-order valence-electron chi connectivity index (χ3n) is 3.51. The van der Waals surface area contributed by atoms with Crippen molar-refractivity contribution in [2.45, 2.75) is 13.0 Å². The smallest absolute Gasteiger partial charge is 0.233 e. The average molecular weight is 274 g/mol. The van der Waals surface area contributed by atoms with Crippen molar-refractivity contribution in [3.05, 3.63) is 24.3 Å². The van der Waals surface area contributed by atoms with Gasteiger partial charge in [0.25, 0.3) is 0 Å². The van der Waals surface area contributed by atoms with Crippen LogP contribution >= 0.6 is 0 Å². The van der Waals surface area contributed by atoms with Gasteiger partial charge in [0, 0.05) is 6.04 Å². The number of hydrogen-bond acceptors (Lipinski definition) is 4. The van der Waals surface area contributed by atoms with Gasteiger partial charge in [0.15, 0.2) is 0 Å². The number of aromatic nitrogens is 2. The van der Waals surface area contributed by atoms with Crippen LogP contribution in [0.3, 0.4) is 0 Å². The van der Waals surface area contributed by atoms with Gasteiger partial charge in [-0.25, -0.2) is 4.98 Å². The Morgan fingerprint density at radius 3 is 3.10 bits per heavy atom. The zero-order valence-electron chi connectivity index (χ0n) is 11.3. The molecule has 2 aromatic rings. The molecule has 1 saturated heterocycles. The highest BCUT2D eigenvalue weighted by Gasteiger charge is 2.33. The number of hydrogen-bond donors (Lipinski definition) is 3. The highest BCUT2D eigenvalue weighted by Crippen LogP contribution is 2.18. The monoisotopic (exact) mass is 274 g/mol. The molecule has 106 valence electrons. The Balaban J connectivity index is 1.71. The number of aromatic amines is 1. The van der Waals surface area contributed by atoms with E-state index in [1.54, 1.807) is 0 Å². The number of para-hydroxylation sites is 2. The highest BCUT2D eigenvalue weighted by atomic mass is 16.5. The normalized spacial score (nSPS) is 22.2. The summed E-state index contributed by atoms with van der Waals surface area (Å²) in [6, 6.07) is 7.75. The quantitative estimate of drug-likeness (QED) is 0.781. The molecule has 0 spiro atoms. The van der Waals surface area contributed by atoms with Crippen LogP contribution in [-0.4, -0.2) is 41.7 Å². The van der Waals surface area contributed by atoms with E-state index in [0.717, 1.165) is 17.6 Å². The Kier molecular flexibility index (Phi) is 3.66. The van der Waals surface area contributed by atoms with E-state index in [1.165, 1.54) is 0 Å². The Labute approximate surface area is 116 Å². The molecule has 1 aromatic carbocycles. The van der Waals surface area contributed by atoms with Gasteiger partial charge in [-0.2, -0.15) is 0 Å². The number of anilines is 1. The van der Waals surface area contributed by atoms with Crippen molar-refractivity contribution >= 4 is 22.9 Å². The number of fused-ring (bicyclic) bond motifs is 1. The molecule has 1 aliphatic rings. The van der Waals surface area contributed by atoms with Crippen molar-refractivity contribution in [3.8, 4) is 0 Å². The first kappa shape index (κ1) is 13.1. The molecule has 1 aromatic heterocycles. The molecule has 1 fully saturated rings. The molecule has 3 N–H and O–H groups in total. The first-order chi connectivity index (χ1) is 9.78. The molecule has 2 heterocycles. The molecule has 6 nitrogen and oxygen atoms in total. The number of benzene rings is 1. The molecule has 3 rings (SSSR count). The van der Waals surface area contributed by atoms with Gasteiger partial charge in [-0.3, -0.25) is 10.1 Å². The number of likely N-dealkylation sites (N-methyl/N-ethyl adjacent to an activating group) is 1. The number of amides is 1. The van der Waals surface area contributed by atoms with Crippen molar-refractivity contribution in [2.24, 2.45) is 5.92 Å². The molecule has 0 bridgehead atoms. The van der Waals surface area contributed by atoms with E-state index >= 15 is 0 Å².